The van der Waals surface area contributed by atoms with Gasteiger partial charge in [0.1, 0.15) is 6.29 Å². The molecule has 2 nitrogen and oxygen atoms in total. The van der Waals surface area contributed by atoms with Crippen LogP contribution in [-0.2, 0) is 4.79 Å². The molecular formula is C7H9NO. The molecule has 0 unspecified atom stereocenters. The molecule has 1 saturated carbocycles. The third kappa shape index (κ3) is 0.730. The maximum Gasteiger partial charge on any atom is 0.127 e. The van der Waals surface area contributed by atoms with E-state index in [1.807, 2.05) is 6.92 Å². The standard InChI is InChI=1S/C7H9NO/c1-2-7(5-9)3-6(7)4-8/h5-6H,2-3H2,1H3/t6-,7-/m0/s1. The van der Waals surface area contributed by atoms with Gasteiger partial charge >= 0.3 is 0 Å². The molecular weight excluding hydrogens is 114 g/mol. The van der Waals surface area contributed by atoms with Crippen LogP contribution in [0.1, 0.15) is 19.8 Å². The minimum Gasteiger partial charge on any atom is -0.303 e. The highest BCUT2D eigenvalue weighted by molar-refractivity contribution is 5.65. The van der Waals surface area contributed by atoms with E-state index >= 15 is 0 Å². The molecule has 2 atom stereocenters. The molecule has 0 aromatic rings. The van der Waals surface area contributed by atoms with Crippen molar-refractivity contribution in [2.75, 3.05) is 0 Å². The Kier molecular flexibility index (Phi) is 1.28. The van der Waals surface area contributed by atoms with Crippen molar-refractivity contribution < 1.29 is 4.79 Å². The molecule has 0 bridgehead atoms. The summed E-state index contributed by atoms with van der Waals surface area (Å²) in [6, 6.07) is 2.10. The van der Waals surface area contributed by atoms with Crippen LogP contribution in [0, 0.1) is 22.7 Å². The Labute approximate surface area is 54.5 Å². The first-order valence-corrected chi connectivity index (χ1v) is 3.15. The highest BCUT2D eigenvalue weighted by Crippen LogP contribution is 2.52. The quantitative estimate of drug-likeness (QED) is 0.516. The first-order chi connectivity index (χ1) is 4.29. The van der Waals surface area contributed by atoms with E-state index in [1.54, 1.807) is 0 Å². The van der Waals surface area contributed by atoms with E-state index in [2.05, 4.69) is 6.07 Å². The van der Waals surface area contributed by atoms with Gasteiger partial charge in [0.2, 0.25) is 0 Å². The van der Waals surface area contributed by atoms with Crippen molar-refractivity contribution in [2.24, 2.45) is 11.3 Å². The van der Waals surface area contributed by atoms with Crippen LogP contribution in [0.3, 0.4) is 0 Å². The molecule has 0 aromatic carbocycles. The average molecular weight is 123 g/mol. The summed E-state index contributed by atoms with van der Waals surface area (Å²) in [5.74, 6) is 0.0139. The largest absolute Gasteiger partial charge is 0.303 e. The van der Waals surface area contributed by atoms with Gasteiger partial charge in [-0.3, -0.25) is 0 Å². The zero-order valence-electron chi connectivity index (χ0n) is 5.42. The summed E-state index contributed by atoms with van der Waals surface area (Å²) in [5, 5.41) is 8.39. The van der Waals surface area contributed by atoms with Gasteiger partial charge in [-0.1, -0.05) is 6.92 Å². The van der Waals surface area contributed by atoms with Crippen molar-refractivity contribution in [2.45, 2.75) is 19.8 Å². The molecule has 0 aromatic heterocycles. The number of carbonyl (C=O) groups is 1. The third-order valence-electron chi connectivity index (χ3n) is 2.17. The van der Waals surface area contributed by atoms with Crippen molar-refractivity contribution in [1.29, 1.82) is 5.26 Å². The lowest BCUT2D eigenvalue weighted by molar-refractivity contribution is -0.112. The molecule has 1 aliphatic rings. The molecule has 9 heavy (non-hydrogen) atoms. The maximum absolute atomic E-state index is 10.3. The lowest BCUT2D eigenvalue weighted by Crippen LogP contribution is -2.02. The molecule has 48 valence electrons. The molecule has 1 rings (SSSR count). The van der Waals surface area contributed by atoms with Crippen LogP contribution >= 0.6 is 0 Å². The number of aldehydes is 1. The van der Waals surface area contributed by atoms with Gasteiger partial charge in [-0.25, -0.2) is 0 Å². The smallest absolute Gasteiger partial charge is 0.127 e. The molecule has 0 N–H and O–H groups in total. The van der Waals surface area contributed by atoms with E-state index in [0.29, 0.717) is 0 Å². The molecule has 0 spiro atoms. The van der Waals surface area contributed by atoms with E-state index in [4.69, 9.17) is 5.26 Å². The Morgan fingerprint density at radius 1 is 2.00 bits per heavy atom. The molecule has 1 fully saturated rings. The Hall–Kier alpha value is -0.840. The number of hydrogen-bond donors (Lipinski definition) is 0. The minimum absolute atomic E-state index is 0.0139. The van der Waals surface area contributed by atoms with Crippen LogP contribution in [0.25, 0.3) is 0 Å². The fraction of sp³-hybridized carbons (Fsp3) is 0.714. The molecule has 2 heteroatoms. The van der Waals surface area contributed by atoms with Gasteiger partial charge in [-0.2, -0.15) is 5.26 Å². The first kappa shape index (κ1) is 6.28. The number of carbonyl (C=O) groups excluding carboxylic acids is 1. The zero-order chi connectivity index (χ0) is 6.91. The highest BCUT2D eigenvalue weighted by atomic mass is 16.1. The van der Waals surface area contributed by atoms with Gasteiger partial charge in [0.25, 0.3) is 0 Å². The van der Waals surface area contributed by atoms with E-state index in [1.165, 1.54) is 0 Å². The van der Waals surface area contributed by atoms with E-state index < -0.39 is 0 Å². The normalized spacial score (nSPS) is 39.3. The topological polar surface area (TPSA) is 40.9 Å². The number of hydrogen-bond acceptors (Lipinski definition) is 2. The minimum atomic E-state index is -0.241. The Bertz CT molecular complexity index is 170. The highest BCUT2D eigenvalue weighted by Gasteiger charge is 2.53. The van der Waals surface area contributed by atoms with Crippen molar-refractivity contribution in [3.8, 4) is 6.07 Å². The van der Waals surface area contributed by atoms with Gasteiger partial charge in [0.05, 0.1) is 12.0 Å². The van der Waals surface area contributed by atoms with Crippen LogP contribution in [-0.4, -0.2) is 6.29 Å². The number of nitrogens with zero attached hydrogens (tertiary/aromatic N) is 1. The Morgan fingerprint density at radius 3 is 2.78 bits per heavy atom. The van der Waals surface area contributed by atoms with Crippen LogP contribution in [0.5, 0.6) is 0 Å². The summed E-state index contributed by atoms with van der Waals surface area (Å²) >= 11 is 0. The molecule has 0 aliphatic heterocycles. The summed E-state index contributed by atoms with van der Waals surface area (Å²) in [7, 11) is 0. The monoisotopic (exact) mass is 123 g/mol. The summed E-state index contributed by atoms with van der Waals surface area (Å²) in [6.07, 6.45) is 2.53. The summed E-state index contributed by atoms with van der Waals surface area (Å²) in [5.41, 5.74) is -0.241. The zero-order valence-corrected chi connectivity index (χ0v) is 5.42. The van der Waals surface area contributed by atoms with Gasteiger partial charge in [-0.05, 0) is 12.8 Å². The summed E-state index contributed by atoms with van der Waals surface area (Å²) < 4.78 is 0. The molecule has 0 amide bonds. The van der Waals surface area contributed by atoms with Gasteiger partial charge in [0.15, 0.2) is 0 Å². The number of nitriles is 1. The third-order valence-corrected chi connectivity index (χ3v) is 2.17. The van der Waals surface area contributed by atoms with Crippen molar-refractivity contribution in [1.82, 2.24) is 0 Å². The van der Waals surface area contributed by atoms with Crippen molar-refractivity contribution >= 4 is 6.29 Å². The molecule has 0 heterocycles. The fourth-order valence-electron chi connectivity index (χ4n) is 1.10. The number of rotatable bonds is 2. The van der Waals surface area contributed by atoms with Crippen LogP contribution in [0.4, 0.5) is 0 Å². The van der Waals surface area contributed by atoms with Crippen molar-refractivity contribution in [3.63, 3.8) is 0 Å². The van der Waals surface area contributed by atoms with Crippen LogP contribution in [0.15, 0.2) is 0 Å². The van der Waals surface area contributed by atoms with Gasteiger partial charge in [-0.15, -0.1) is 0 Å². The molecule has 0 radical (unpaired) electrons. The summed E-state index contributed by atoms with van der Waals surface area (Å²) in [4.78, 5) is 10.3. The van der Waals surface area contributed by atoms with E-state index in [-0.39, 0.29) is 11.3 Å². The van der Waals surface area contributed by atoms with E-state index in [9.17, 15) is 4.79 Å². The second-order valence-corrected chi connectivity index (χ2v) is 2.59. The Balaban J connectivity index is 2.59. The fourth-order valence-corrected chi connectivity index (χ4v) is 1.10. The lowest BCUT2D eigenvalue weighted by atomic mass is 10.0. The predicted molar refractivity (Wildman–Crippen MR) is 32.5 cm³/mol. The van der Waals surface area contributed by atoms with Crippen LogP contribution < -0.4 is 0 Å². The first-order valence-electron chi connectivity index (χ1n) is 3.15. The second kappa shape index (κ2) is 1.84. The van der Waals surface area contributed by atoms with Crippen molar-refractivity contribution in [3.05, 3.63) is 0 Å². The maximum atomic E-state index is 10.3. The van der Waals surface area contributed by atoms with Crippen LogP contribution in [0.2, 0.25) is 0 Å². The molecule has 1 aliphatic carbocycles. The predicted octanol–water partition coefficient (Wildman–Crippen LogP) is 1.13. The lowest BCUT2D eigenvalue weighted by Gasteiger charge is -1.97. The Morgan fingerprint density at radius 2 is 2.67 bits per heavy atom. The molecule has 0 saturated heterocycles. The van der Waals surface area contributed by atoms with Gasteiger partial charge < -0.3 is 4.79 Å². The average Bonchev–Trinajstić information content (AvgIpc) is 2.63. The van der Waals surface area contributed by atoms with E-state index in [0.717, 1.165) is 19.1 Å². The SMILES string of the molecule is CC[C@@]1(C=O)C[C@H]1C#N. The van der Waals surface area contributed by atoms with Gasteiger partial charge in [0, 0.05) is 5.41 Å². The summed E-state index contributed by atoms with van der Waals surface area (Å²) in [6.45, 7) is 1.95. The second-order valence-electron chi connectivity index (χ2n) is 2.59.